The Kier molecular flexibility index (Phi) is 4.56. The molecule has 4 aromatic rings. The second kappa shape index (κ2) is 7.39. The number of aromatic nitrogens is 1. The van der Waals surface area contributed by atoms with Crippen LogP contribution in [0.5, 0.6) is 0 Å². The standard InChI is InChI=1S/C24H18N2O3S/c27-22(26-23-21(24(28)29)16-10-6-12-20(16)30-23)17-13-19(14-7-2-1-3-8-14)25-18-11-5-4-9-15(17)18/h1-5,7-9,11,13H,6,10,12H2,(H,26,27)(H,28,29)/p-1. The molecule has 0 radical (unpaired) electrons. The van der Waals surface area contributed by atoms with Crippen LogP contribution >= 0.6 is 11.3 Å². The molecule has 2 aromatic heterocycles. The third-order valence-electron chi connectivity index (χ3n) is 5.38. The number of thiophene rings is 1. The number of fused-ring (bicyclic) bond motifs is 2. The lowest BCUT2D eigenvalue weighted by Crippen LogP contribution is -2.25. The highest BCUT2D eigenvalue weighted by molar-refractivity contribution is 7.17. The van der Waals surface area contributed by atoms with Gasteiger partial charge in [-0.2, -0.15) is 0 Å². The zero-order valence-corrected chi connectivity index (χ0v) is 16.8. The van der Waals surface area contributed by atoms with Gasteiger partial charge >= 0.3 is 0 Å². The van der Waals surface area contributed by atoms with Crippen molar-refractivity contribution in [2.45, 2.75) is 19.3 Å². The number of hydrogen-bond donors (Lipinski definition) is 1. The number of aryl methyl sites for hydroxylation is 1. The molecule has 2 heterocycles. The predicted octanol–water partition coefficient (Wildman–Crippen LogP) is 4.07. The summed E-state index contributed by atoms with van der Waals surface area (Å²) < 4.78 is 0. The number of nitrogens with one attached hydrogen (secondary N) is 1. The van der Waals surface area contributed by atoms with Crippen molar-refractivity contribution >= 4 is 39.1 Å². The summed E-state index contributed by atoms with van der Waals surface area (Å²) in [5, 5.41) is 15.7. The van der Waals surface area contributed by atoms with Crippen molar-refractivity contribution in [2.24, 2.45) is 0 Å². The maximum absolute atomic E-state index is 13.3. The maximum Gasteiger partial charge on any atom is 0.257 e. The van der Waals surface area contributed by atoms with Gasteiger partial charge in [-0.15, -0.1) is 11.3 Å². The van der Waals surface area contributed by atoms with Crippen LogP contribution < -0.4 is 10.4 Å². The largest absolute Gasteiger partial charge is 0.545 e. The molecule has 5 nitrogen and oxygen atoms in total. The monoisotopic (exact) mass is 413 g/mol. The van der Waals surface area contributed by atoms with Crippen LogP contribution in [-0.2, 0) is 12.8 Å². The molecule has 0 saturated carbocycles. The number of hydrogen-bond acceptors (Lipinski definition) is 5. The van der Waals surface area contributed by atoms with E-state index in [1.165, 1.54) is 11.3 Å². The van der Waals surface area contributed by atoms with E-state index >= 15 is 0 Å². The van der Waals surface area contributed by atoms with Gasteiger partial charge in [-0.25, -0.2) is 4.98 Å². The number of para-hydroxylation sites is 1. The van der Waals surface area contributed by atoms with Gasteiger partial charge in [-0.05, 0) is 37.0 Å². The van der Waals surface area contributed by atoms with Crippen molar-refractivity contribution < 1.29 is 14.7 Å². The number of carboxylic acid groups (broad SMARTS) is 1. The van der Waals surface area contributed by atoms with Gasteiger partial charge in [0.1, 0.15) is 5.00 Å². The summed E-state index contributed by atoms with van der Waals surface area (Å²) in [6.07, 6.45) is 2.49. The van der Waals surface area contributed by atoms with E-state index in [9.17, 15) is 14.7 Å². The molecule has 6 heteroatoms. The number of amides is 1. The lowest BCUT2D eigenvalue weighted by atomic mass is 10.0. The molecule has 30 heavy (non-hydrogen) atoms. The smallest absolute Gasteiger partial charge is 0.257 e. The van der Waals surface area contributed by atoms with Gasteiger partial charge < -0.3 is 15.2 Å². The minimum Gasteiger partial charge on any atom is -0.545 e. The van der Waals surface area contributed by atoms with Crippen LogP contribution in [0.15, 0.2) is 60.7 Å². The van der Waals surface area contributed by atoms with Crippen molar-refractivity contribution in [3.05, 3.63) is 82.2 Å². The molecule has 0 unspecified atom stereocenters. The second-order valence-electron chi connectivity index (χ2n) is 7.24. The number of benzene rings is 2. The zero-order valence-electron chi connectivity index (χ0n) is 16.0. The van der Waals surface area contributed by atoms with Crippen molar-refractivity contribution in [3.63, 3.8) is 0 Å². The van der Waals surface area contributed by atoms with Crippen LogP contribution in [0.25, 0.3) is 22.2 Å². The van der Waals surface area contributed by atoms with Gasteiger partial charge in [0.15, 0.2) is 0 Å². The topological polar surface area (TPSA) is 82.1 Å². The van der Waals surface area contributed by atoms with E-state index in [1.807, 2.05) is 54.6 Å². The molecule has 148 valence electrons. The van der Waals surface area contributed by atoms with Crippen molar-refractivity contribution in [1.82, 2.24) is 4.98 Å². The lowest BCUT2D eigenvalue weighted by molar-refractivity contribution is -0.254. The van der Waals surface area contributed by atoms with E-state index in [1.54, 1.807) is 6.07 Å². The van der Waals surface area contributed by atoms with Gasteiger partial charge in [0.05, 0.1) is 22.7 Å². The highest BCUT2D eigenvalue weighted by Gasteiger charge is 2.24. The molecule has 1 amide bonds. The van der Waals surface area contributed by atoms with E-state index in [4.69, 9.17) is 4.98 Å². The molecule has 0 spiro atoms. The third-order valence-corrected chi connectivity index (χ3v) is 6.59. The molecular formula is C24H17N2O3S-. The number of carboxylic acids is 1. The Morgan fingerprint density at radius 3 is 2.57 bits per heavy atom. The second-order valence-corrected chi connectivity index (χ2v) is 8.35. The minimum absolute atomic E-state index is 0.127. The quantitative estimate of drug-likeness (QED) is 0.547. The maximum atomic E-state index is 13.3. The number of anilines is 1. The zero-order chi connectivity index (χ0) is 20.7. The van der Waals surface area contributed by atoms with E-state index in [-0.39, 0.29) is 11.5 Å². The molecule has 0 fully saturated rings. The lowest BCUT2D eigenvalue weighted by Gasteiger charge is -2.12. The summed E-state index contributed by atoms with van der Waals surface area (Å²) in [6.45, 7) is 0. The molecule has 2 aromatic carbocycles. The summed E-state index contributed by atoms with van der Waals surface area (Å²) in [6, 6.07) is 18.9. The molecule has 5 rings (SSSR count). The van der Waals surface area contributed by atoms with E-state index in [2.05, 4.69) is 5.32 Å². The molecule has 1 aliphatic carbocycles. The molecular weight excluding hydrogens is 396 g/mol. The summed E-state index contributed by atoms with van der Waals surface area (Å²) >= 11 is 1.34. The van der Waals surface area contributed by atoms with Gasteiger partial charge in [0.25, 0.3) is 5.91 Å². The van der Waals surface area contributed by atoms with Crippen LogP contribution in [0.2, 0.25) is 0 Å². The molecule has 1 aliphatic rings. The molecule has 0 saturated heterocycles. The summed E-state index contributed by atoms with van der Waals surface area (Å²) in [4.78, 5) is 30.7. The van der Waals surface area contributed by atoms with E-state index in [0.717, 1.165) is 28.8 Å². The van der Waals surface area contributed by atoms with Gasteiger partial charge in [0, 0.05) is 21.4 Å². The highest BCUT2D eigenvalue weighted by Crippen LogP contribution is 2.39. The number of pyridine rings is 1. The Hall–Kier alpha value is -3.51. The van der Waals surface area contributed by atoms with Crippen molar-refractivity contribution in [3.8, 4) is 11.3 Å². The summed E-state index contributed by atoms with van der Waals surface area (Å²) in [7, 11) is 0. The minimum atomic E-state index is -1.24. The Morgan fingerprint density at radius 1 is 1.00 bits per heavy atom. The average molecular weight is 413 g/mol. The van der Waals surface area contributed by atoms with E-state index < -0.39 is 5.97 Å². The first kappa shape index (κ1) is 18.5. The number of rotatable bonds is 4. The fourth-order valence-electron chi connectivity index (χ4n) is 4.00. The molecule has 0 atom stereocenters. The molecule has 1 N–H and O–H groups in total. The first-order valence-electron chi connectivity index (χ1n) is 9.74. The number of aromatic carboxylic acids is 1. The van der Waals surface area contributed by atoms with Crippen LogP contribution in [0, 0.1) is 0 Å². The number of carbonyl (C=O) groups excluding carboxylic acids is 2. The molecule has 0 aliphatic heterocycles. The Balaban J connectivity index is 1.60. The van der Waals surface area contributed by atoms with Gasteiger partial charge in [-0.3, -0.25) is 4.79 Å². The summed E-state index contributed by atoms with van der Waals surface area (Å²) in [5.41, 5.74) is 3.69. The first-order chi connectivity index (χ1) is 14.6. The van der Waals surface area contributed by atoms with Crippen LogP contribution in [0.4, 0.5) is 5.00 Å². The van der Waals surface area contributed by atoms with Crippen molar-refractivity contribution in [2.75, 3.05) is 5.32 Å². The Bertz CT molecular complexity index is 1290. The van der Waals surface area contributed by atoms with Gasteiger partial charge in [0.2, 0.25) is 0 Å². The predicted molar refractivity (Wildman–Crippen MR) is 116 cm³/mol. The highest BCUT2D eigenvalue weighted by atomic mass is 32.1. The van der Waals surface area contributed by atoms with Crippen molar-refractivity contribution in [1.29, 1.82) is 0 Å². The molecule has 0 bridgehead atoms. The van der Waals surface area contributed by atoms with E-state index in [0.29, 0.717) is 33.6 Å². The average Bonchev–Trinajstić information content (AvgIpc) is 3.34. The number of carbonyl (C=O) groups is 2. The van der Waals surface area contributed by atoms with Crippen LogP contribution in [-0.4, -0.2) is 16.9 Å². The summed E-state index contributed by atoms with van der Waals surface area (Å²) in [5.74, 6) is -1.59. The number of nitrogens with zero attached hydrogens (tertiary/aromatic N) is 1. The van der Waals surface area contributed by atoms with Crippen LogP contribution in [0.3, 0.4) is 0 Å². The Morgan fingerprint density at radius 2 is 1.77 bits per heavy atom. The van der Waals surface area contributed by atoms with Gasteiger partial charge in [-0.1, -0.05) is 48.5 Å². The Labute approximate surface area is 177 Å². The fraction of sp³-hybridized carbons (Fsp3) is 0.125. The van der Waals surface area contributed by atoms with Crippen LogP contribution in [0.1, 0.15) is 37.6 Å². The third kappa shape index (κ3) is 3.15. The SMILES string of the molecule is O=C([O-])c1c(NC(=O)c2cc(-c3ccccc3)nc3ccccc23)sc2c1CCC2. The first-order valence-corrected chi connectivity index (χ1v) is 10.6. The fourth-order valence-corrected chi connectivity index (χ4v) is 5.27. The normalized spacial score (nSPS) is 12.7.